The first-order valence-electron chi connectivity index (χ1n) is 5.82. The molecule has 0 atom stereocenters. The highest BCUT2D eigenvalue weighted by atomic mass is 79.9. The molecule has 0 aliphatic rings. The van der Waals surface area contributed by atoms with Crippen LogP contribution in [0.4, 0.5) is 0 Å². The van der Waals surface area contributed by atoms with Crippen LogP contribution in [0.2, 0.25) is 0 Å². The van der Waals surface area contributed by atoms with Crippen molar-refractivity contribution in [2.45, 2.75) is 20.4 Å². The van der Waals surface area contributed by atoms with Crippen molar-refractivity contribution >= 4 is 21.8 Å². The van der Waals surface area contributed by atoms with E-state index in [2.05, 4.69) is 38.7 Å². The first-order chi connectivity index (χ1) is 8.09. The summed E-state index contributed by atoms with van der Waals surface area (Å²) in [7, 11) is 0. The van der Waals surface area contributed by atoms with E-state index in [1.54, 1.807) is 0 Å². The van der Waals surface area contributed by atoms with Crippen LogP contribution in [-0.4, -0.2) is 19.0 Å². The SMILES string of the molecule is CC(C)C(=O)NCCNCc1ccc(Br)cc1. The molecule has 4 heteroatoms. The van der Waals surface area contributed by atoms with Crippen LogP contribution >= 0.6 is 15.9 Å². The maximum absolute atomic E-state index is 11.3. The van der Waals surface area contributed by atoms with Crippen molar-refractivity contribution in [3.63, 3.8) is 0 Å². The molecule has 0 spiro atoms. The zero-order chi connectivity index (χ0) is 12.7. The van der Waals surface area contributed by atoms with E-state index in [0.29, 0.717) is 6.54 Å². The van der Waals surface area contributed by atoms with Gasteiger partial charge in [0.15, 0.2) is 0 Å². The standard InChI is InChI=1S/C13H19BrN2O/c1-10(2)13(17)16-8-7-15-9-11-3-5-12(14)6-4-11/h3-6,10,15H,7-9H2,1-2H3,(H,16,17). The topological polar surface area (TPSA) is 41.1 Å². The average molecular weight is 299 g/mol. The molecule has 0 aliphatic heterocycles. The van der Waals surface area contributed by atoms with Crippen molar-refractivity contribution in [2.24, 2.45) is 5.92 Å². The maximum Gasteiger partial charge on any atom is 0.222 e. The fourth-order valence-electron chi connectivity index (χ4n) is 1.31. The molecule has 1 aromatic carbocycles. The van der Waals surface area contributed by atoms with Gasteiger partial charge in [-0.2, -0.15) is 0 Å². The third kappa shape index (κ3) is 5.84. The number of benzene rings is 1. The van der Waals surface area contributed by atoms with E-state index in [1.165, 1.54) is 5.56 Å². The smallest absolute Gasteiger partial charge is 0.222 e. The lowest BCUT2D eigenvalue weighted by atomic mass is 10.2. The van der Waals surface area contributed by atoms with Gasteiger partial charge in [-0.3, -0.25) is 4.79 Å². The highest BCUT2D eigenvalue weighted by Gasteiger charge is 2.04. The predicted molar refractivity (Wildman–Crippen MR) is 73.7 cm³/mol. The molecule has 1 rings (SSSR count). The van der Waals surface area contributed by atoms with E-state index in [4.69, 9.17) is 0 Å². The van der Waals surface area contributed by atoms with Crippen molar-refractivity contribution < 1.29 is 4.79 Å². The van der Waals surface area contributed by atoms with E-state index in [9.17, 15) is 4.79 Å². The number of carbonyl (C=O) groups is 1. The second-order valence-electron chi connectivity index (χ2n) is 4.25. The fraction of sp³-hybridized carbons (Fsp3) is 0.462. The Hall–Kier alpha value is -0.870. The van der Waals surface area contributed by atoms with Gasteiger partial charge in [0, 0.05) is 30.0 Å². The summed E-state index contributed by atoms with van der Waals surface area (Å²) in [5.74, 6) is 0.164. The highest BCUT2D eigenvalue weighted by molar-refractivity contribution is 9.10. The van der Waals surface area contributed by atoms with Crippen molar-refractivity contribution in [1.82, 2.24) is 10.6 Å². The average Bonchev–Trinajstić information content (AvgIpc) is 2.30. The van der Waals surface area contributed by atoms with Crippen LogP contribution in [0, 0.1) is 5.92 Å². The van der Waals surface area contributed by atoms with Crippen LogP contribution in [0.3, 0.4) is 0 Å². The predicted octanol–water partition coefficient (Wildman–Crippen LogP) is 2.31. The Morgan fingerprint density at radius 2 is 1.88 bits per heavy atom. The first kappa shape index (κ1) is 14.2. The Morgan fingerprint density at radius 3 is 2.47 bits per heavy atom. The summed E-state index contributed by atoms with van der Waals surface area (Å²) >= 11 is 3.40. The van der Waals surface area contributed by atoms with Crippen molar-refractivity contribution in [3.05, 3.63) is 34.3 Å². The van der Waals surface area contributed by atoms with Gasteiger partial charge >= 0.3 is 0 Å². The van der Waals surface area contributed by atoms with Gasteiger partial charge in [0.25, 0.3) is 0 Å². The van der Waals surface area contributed by atoms with Gasteiger partial charge in [0.2, 0.25) is 5.91 Å². The van der Waals surface area contributed by atoms with Crippen molar-refractivity contribution in [3.8, 4) is 0 Å². The molecule has 0 aliphatic carbocycles. The van der Waals surface area contributed by atoms with Gasteiger partial charge in [0.05, 0.1) is 0 Å². The molecule has 0 saturated carbocycles. The van der Waals surface area contributed by atoms with Gasteiger partial charge in [-0.05, 0) is 17.7 Å². The second-order valence-corrected chi connectivity index (χ2v) is 5.16. The Bertz CT molecular complexity index is 349. The Morgan fingerprint density at radius 1 is 1.24 bits per heavy atom. The first-order valence-corrected chi connectivity index (χ1v) is 6.62. The van der Waals surface area contributed by atoms with Gasteiger partial charge in [-0.25, -0.2) is 0 Å². The summed E-state index contributed by atoms with van der Waals surface area (Å²) in [4.78, 5) is 11.3. The summed E-state index contributed by atoms with van der Waals surface area (Å²) in [6.45, 7) is 6.07. The van der Waals surface area contributed by atoms with Gasteiger partial charge < -0.3 is 10.6 Å². The minimum atomic E-state index is 0.0569. The molecule has 3 nitrogen and oxygen atoms in total. The maximum atomic E-state index is 11.3. The number of nitrogens with one attached hydrogen (secondary N) is 2. The van der Waals surface area contributed by atoms with Crippen LogP contribution < -0.4 is 10.6 Å². The van der Waals surface area contributed by atoms with E-state index in [-0.39, 0.29) is 11.8 Å². The lowest BCUT2D eigenvalue weighted by molar-refractivity contribution is -0.123. The number of hydrogen-bond acceptors (Lipinski definition) is 2. The van der Waals surface area contributed by atoms with Gasteiger partial charge in [-0.15, -0.1) is 0 Å². The quantitative estimate of drug-likeness (QED) is 0.792. The lowest BCUT2D eigenvalue weighted by Crippen LogP contribution is -2.34. The highest BCUT2D eigenvalue weighted by Crippen LogP contribution is 2.09. The summed E-state index contributed by atoms with van der Waals surface area (Å²) in [6, 6.07) is 8.20. The minimum Gasteiger partial charge on any atom is -0.355 e. The molecule has 2 N–H and O–H groups in total. The molecule has 0 unspecified atom stereocenters. The number of rotatable bonds is 6. The van der Waals surface area contributed by atoms with Crippen LogP contribution in [0.15, 0.2) is 28.7 Å². The Labute approximate surface area is 111 Å². The van der Waals surface area contributed by atoms with Crippen LogP contribution in [0.1, 0.15) is 19.4 Å². The van der Waals surface area contributed by atoms with E-state index in [0.717, 1.165) is 17.6 Å². The fourth-order valence-corrected chi connectivity index (χ4v) is 1.58. The molecule has 1 amide bonds. The lowest BCUT2D eigenvalue weighted by Gasteiger charge is -2.08. The number of carbonyl (C=O) groups excluding carboxylic acids is 1. The zero-order valence-corrected chi connectivity index (χ0v) is 11.9. The summed E-state index contributed by atoms with van der Waals surface area (Å²) in [6.07, 6.45) is 0. The largest absolute Gasteiger partial charge is 0.355 e. The Kier molecular flexibility index (Phi) is 6.22. The second kappa shape index (κ2) is 7.45. The van der Waals surface area contributed by atoms with E-state index < -0.39 is 0 Å². The molecule has 17 heavy (non-hydrogen) atoms. The summed E-state index contributed by atoms with van der Waals surface area (Å²) < 4.78 is 1.09. The summed E-state index contributed by atoms with van der Waals surface area (Å²) in [5.41, 5.74) is 1.24. The third-order valence-electron chi connectivity index (χ3n) is 2.37. The monoisotopic (exact) mass is 298 g/mol. The van der Waals surface area contributed by atoms with Crippen LogP contribution in [0.25, 0.3) is 0 Å². The molecule has 0 fully saturated rings. The molecule has 94 valence electrons. The molecule has 0 heterocycles. The number of halogens is 1. The van der Waals surface area contributed by atoms with Gasteiger partial charge in [-0.1, -0.05) is 41.9 Å². The minimum absolute atomic E-state index is 0.0569. The molecule has 0 bridgehead atoms. The molecule has 1 aromatic rings. The van der Waals surface area contributed by atoms with E-state index in [1.807, 2.05) is 26.0 Å². The number of hydrogen-bond donors (Lipinski definition) is 2. The Balaban J connectivity index is 2.12. The van der Waals surface area contributed by atoms with Crippen molar-refractivity contribution in [2.75, 3.05) is 13.1 Å². The third-order valence-corrected chi connectivity index (χ3v) is 2.90. The van der Waals surface area contributed by atoms with Gasteiger partial charge in [0.1, 0.15) is 0 Å². The van der Waals surface area contributed by atoms with Crippen molar-refractivity contribution in [1.29, 1.82) is 0 Å². The molecular formula is C13H19BrN2O. The number of amides is 1. The molecular weight excluding hydrogens is 280 g/mol. The van der Waals surface area contributed by atoms with Crippen LogP contribution in [0.5, 0.6) is 0 Å². The normalized spacial score (nSPS) is 10.6. The molecule has 0 radical (unpaired) electrons. The van der Waals surface area contributed by atoms with E-state index >= 15 is 0 Å². The molecule has 0 saturated heterocycles. The zero-order valence-electron chi connectivity index (χ0n) is 10.3. The molecule has 0 aromatic heterocycles. The summed E-state index contributed by atoms with van der Waals surface area (Å²) in [5, 5.41) is 6.15. The van der Waals surface area contributed by atoms with Crippen LogP contribution in [-0.2, 0) is 11.3 Å².